The minimum absolute atomic E-state index is 0.497. The van der Waals surface area contributed by atoms with Gasteiger partial charge in [-0.1, -0.05) is 152 Å². The van der Waals surface area contributed by atoms with Gasteiger partial charge in [-0.15, -0.1) is 20.1 Å². The molecular weight excluding hydrogens is 879 g/mol. The van der Waals surface area contributed by atoms with Crippen LogP contribution in [0.4, 0.5) is 0 Å². The molecule has 0 atom stereocenters. The molecule has 0 aliphatic heterocycles. The van der Waals surface area contributed by atoms with Crippen molar-refractivity contribution in [3.8, 4) is 28.7 Å². The molecule has 0 aliphatic carbocycles. The second-order valence-corrected chi connectivity index (χ2v) is 22.9. The lowest BCUT2D eigenvalue weighted by Crippen LogP contribution is -2.08. The zero-order valence-electron chi connectivity index (χ0n) is 37.5. The van der Waals surface area contributed by atoms with Gasteiger partial charge in [0.15, 0.2) is 11.6 Å². The first-order valence-electron chi connectivity index (χ1n) is 23.0. The molecule has 0 amide bonds. The molecule has 12 aromatic rings. The topological polar surface area (TPSA) is 56.5 Å². The molecule has 0 radical (unpaired) electrons. The maximum absolute atomic E-state index is 5.49. The summed E-state index contributed by atoms with van der Waals surface area (Å²) in [5.74, 6) is 1.63. The molecule has 0 N–H and O–H groups in total. The Balaban J connectivity index is 1.13. The fraction of sp³-hybridized carbons (Fsp3) is 0. The highest BCUT2D eigenvalue weighted by Crippen LogP contribution is 2.74. The van der Waals surface area contributed by atoms with E-state index in [1.54, 1.807) is 0 Å². The summed E-state index contributed by atoms with van der Waals surface area (Å²) < 4.78 is 2.09. The van der Waals surface area contributed by atoms with Gasteiger partial charge in [-0.25, -0.2) is 9.97 Å². The first-order valence-corrected chi connectivity index (χ1v) is 26.3. The van der Waals surface area contributed by atoms with E-state index in [2.05, 4.69) is 265 Å². The summed E-state index contributed by atoms with van der Waals surface area (Å²) >= 11 is 0. The smallest absolute Gasteiger partial charge is 0.240 e. The summed E-state index contributed by atoms with van der Waals surface area (Å²) in [5.41, 5.74) is 3.53. The summed E-state index contributed by atoms with van der Waals surface area (Å²) in [6.07, 6.45) is 1.84. The lowest BCUT2D eigenvalue weighted by Gasteiger charge is -2.42. The molecule has 0 fully saturated rings. The highest BCUT2D eigenvalue weighted by atomic mass is 32.3. The van der Waals surface area contributed by atoms with Crippen molar-refractivity contribution in [2.75, 3.05) is 0 Å². The van der Waals surface area contributed by atoms with Crippen molar-refractivity contribution in [1.29, 1.82) is 0 Å². The van der Waals surface area contributed by atoms with Crippen molar-refractivity contribution in [2.45, 2.75) is 39.2 Å². The maximum Gasteiger partial charge on any atom is 0.240 e. The summed E-state index contributed by atoms with van der Waals surface area (Å²) in [6.45, 7) is 0. The highest BCUT2D eigenvalue weighted by molar-refractivity contribution is 8.34. The zero-order chi connectivity index (χ0) is 46.0. The third-order valence-corrected chi connectivity index (χ3v) is 20.5. The zero-order valence-corrected chi connectivity index (χ0v) is 39.2. The molecule has 9 aromatic carbocycles. The molecule has 0 saturated carbocycles. The van der Waals surface area contributed by atoms with E-state index in [1.807, 2.05) is 12.3 Å². The van der Waals surface area contributed by atoms with Gasteiger partial charge in [0.25, 0.3) is 0 Å². The number of fused-ring (bicyclic) bond motifs is 3. The van der Waals surface area contributed by atoms with Gasteiger partial charge in [-0.2, -0.15) is 9.97 Å². The number of aromatic nitrogens is 5. The van der Waals surface area contributed by atoms with E-state index in [-0.39, 0.29) is 0 Å². The third kappa shape index (κ3) is 7.22. The van der Waals surface area contributed by atoms with E-state index in [9.17, 15) is 0 Å². The van der Waals surface area contributed by atoms with Gasteiger partial charge in [0.05, 0.1) is 5.52 Å². The predicted molar refractivity (Wildman–Crippen MR) is 283 cm³/mol. The summed E-state index contributed by atoms with van der Waals surface area (Å²) in [5, 5.41) is 2.11. The highest BCUT2D eigenvalue weighted by Gasteiger charge is 2.35. The predicted octanol–water partition coefficient (Wildman–Crippen LogP) is 16.4. The first kappa shape index (κ1) is 42.0. The van der Waals surface area contributed by atoms with E-state index >= 15 is 0 Å². The number of hydrogen-bond acceptors (Lipinski definition) is 4. The number of para-hydroxylation sites is 1. The number of nitrogens with zero attached hydrogens (tertiary/aromatic N) is 5. The molecule has 7 heteroatoms. The summed E-state index contributed by atoms with van der Waals surface area (Å²) in [7, 11) is -4.00. The lowest BCUT2D eigenvalue weighted by molar-refractivity contribution is 0.943. The largest absolute Gasteiger partial charge is 0.262 e. The second kappa shape index (κ2) is 18.0. The Morgan fingerprint density at radius 2 is 0.638 bits per heavy atom. The van der Waals surface area contributed by atoms with Gasteiger partial charge in [0.2, 0.25) is 5.95 Å². The minimum atomic E-state index is -2.00. The normalized spacial score (nSPS) is 12.2. The van der Waals surface area contributed by atoms with Crippen molar-refractivity contribution in [3.05, 3.63) is 273 Å². The number of pyridine rings is 1. The van der Waals surface area contributed by atoms with Crippen LogP contribution < -0.4 is 0 Å². The maximum atomic E-state index is 5.49. The quantitative estimate of drug-likeness (QED) is 0.130. The summed E-state index contributed by atoms with van der Waals surface area (Å²) in [4.78, 5) is 31.1. The Kier molecular flexibility index (Phi) is 11.0. The van der Waals surface area contributed by atoms with Crippen molar-refractivity contribution in [1.82, 2.24) is 24.5 Å². The van der Waals surface area contributed by atoms with Crippen LogP contribution in [-0.2, 0) is 0 Å². The Morgan fingerprint density at radius 3 is 1.04 bits per heavy atom. The minimum Gasteiger partial charge on any atom is -0.262 e. The molecule has 69 heavy (non-hydrogen) atoms. The molecule has 3 aromatic heterocycles. The molecule has 3 heterocycles. The van der Waals surface area contributed by atoms with E-state index < -0.39 is 20.1 Å². The van der Waals surface area contributed by atoms with Crippen LogP contribution >= 0.6 is 20.1 Å². The Labute approximate surface area is 405 Å². The van der Waals surface area contributed by atoms with Crippen LogP contribution in [0.2, 0.25) is 0 Å². The van der Waals surface area contributed by atoms with Crippen LogP contribution in [0.25, 0.3) is 50.7 Å². The molecule has 5 nitrogen and oxygen atoms in total. The Bertz CT molecular complexity index is 3290. The van der Waals surface area contributed by atoms with Crippen molar-refractivity contribution < 1.29 is 0 Å². The molecule has 0 saturated heterocycles. The van der Waals surface area contributed by atoms with Crippen molar-refractivity contribution in [2.24, 2.45) is 0 Å². The van der Waals surface area contributed by atoms with Gasteiger partial charge in [-0.05, 0) is 115 Å². The number of rotatable bonds is 11. The standard InChI is InChI=1S/C62H45N5S2/c1-7-26-48(27-8-1)68(49-28-9-2-10-29-49,50-30-11-3-12-31-50)54-38-21-24-46(44-54)59-64-60(66-62(65-59)67-58-42-20-19-40-56(58)57-41-23-43-63-61(57)67)47-25-22-39-55(45-47)69(51-32-13-4-14-33-51,52-34-15-5-16-35-52)53-36-17-6-18-37-53/h1-45H. The fourth-order valence-corrected chi connectivity index (χ4v) is 17.6. The van der Waals surface area contributed by atoms with E-state index in [1.165, 1.54) is 39.2 Å². The second-order valence-electron chi connectivity index (χ2n) is 16.7. The lowest BCUT2D eigenvalue weighted by atomic mass is 10.2. The van der Waals surface area contributed by atoms with Gasteiger partial charge in [-0.3, -0.25) is 4.57 Å². The van der Waals surface area contributed by atoms with Gasteiger partial charge in [0.1, 0.15) is 5.65 Å². The van der Waals surface area contributed by atoms with Gasteiger partial charge >= 0.3 is 0 Å². The average molecular weight is 924 g/mol. The van der Waals surface area contributed by atoms with Crippen LogP contribution in [-0.4, -0.2) is 24.5 Å². The van der Waals surface area contributed by atoms with Crippen molar-refractivity contribution >= 4 is 42.0 Å². The molecule has 0 aliphatic rings. The average Bonchev–Trinajstić information content (AvgIpc) is 3.78. The summed E-state index contributed by atoms with van der Waals surface area (Å²) in [6, 6.07) is 95.8. The third-order valence-electron chi connectivity index (χ3n) is 12.7. The van der Waals surface area contributed by atoms with Gasteiger partial charge in [0, 0.05) is 67.3 Å². The molecule has 12 rings (SSSR count). The monoisotopic (exact) mass is 923 g/mol. The van der Waals surface area contributed by atoms with Crippen LogP contribution in [0.3, 0.4) is 0 Å². The molecule has 0 spiro atoms. The van der Waals surface area contributed by atoms with Crippen LogP contribution in [0.1, 0.15) is 0 Å². The number of benzene rings is 9. The molecule has 0 bridgehead atoms. The first-order chi connectivity index (χ1) is 34.2. The molecule has 0 unspecified atom stereocenters. The van der Waals surface area contributed by atoms with Crippen molar-refractivity contribution in [3.63, 3.8) is 0 Å². The van der Waals surface area contributed by atoms with E-state index in [4.69, 9.17) is 19.9 Å². The SMILES string of the molecule is c1ccc(S(c2ccccc2)(c2ccccc2)c2cccc(-c3nc(-c4cccc(S(c5ccccc5)(c5ccccc5)c5ccccc5)c4)nc(-n4c5ccccc5c5cccnc54)n3)c2)cc1. The molecular formula is C62H45N5S2. The fourth-order valence-electron chi connectivity index (χ4n) is 9.75. The van der Waals surface area contributed by atoms with E-state index in [0.29, 0.717) is 17.6 Å². The Morgan fingerprint density at radius 1 is 0.290 bits per heavy atom. The Hall–Kier alpha value is -8.36. The van der Waals surface area contributed by atoms with Crippen LogP contribution in [0.5, 0.6) is 0 Å². The van der Waals surface area contributed by atoms with Crippen LogP contribution in [0, 0.1) is 0 Å². The van der Waals surface area contributed by atoms with Gasteiger partial charge < -0.3 is 0 Å². The van der Waals surface area contributed by atoms with Crippen LogP contribution in [0.15, 0.2) is 312 Å². The molecule has 330 valence electrons. The van der Waals surface area contributed by atoms with E-state index in [0.717, 1.165) is 33.1 Å². The number of hydrogen-bond donors (Lipinski definition) is 0.